The lowest BCUT2D eigenvalue weighted by atomic mass is 9.82. The van der Waals surface area contributed by atoms with Gasteiger partial charge in [-0.1, -0.05) is 42.5 Å². The van der Waals surface area contributed by atoms with E-state index >= 15 is 0 Å². The van der Waals surface area contributed by atoms with Crippen molar-refractivity contribution < 1.29 is 14.7 Å². The number of nitriles is 1. The van der Waals surface area contributed by atoms with Crippen molar-refractivity contribution in [1.82, 2.24) is 0 Å². The Balaban J connectivity index is 1.56. The molecule has 1 aromatic heterocycles. The lowest BCUT2D eigenvalue weighted by molar-refractivity contribution is -0.146. The van der Waals surface area contributed by atoms with Crippen LogP contribution in [0.5, 0.6) is 0 Å². The second-order valence-electron chi connectivity index (χ2n) is 7.65. The number of carbonyl (C=O) groups is 2. The number of nitrogens with zero attached hydrogens (tertiary/aromatic N) is 1. The first kappa shape index (κ1) is 19.4. The van der Waals surface area contributed by atoms with Gasteiger partial charge in [-0.3, -0.25) is 9.59 Å². The lowest BCUT2D eigenvalue weighted by Crippen LogP contribution is -2.34. The summed E-state index contributed by atoms with van der Waals surface area (Å²) >= 11 is 1.47. The number of aliphatic carboxylic acids is 1. The smallest absolute Gasteiger partial charge is 0.307 e. The molecule has 1 aromatic carbocycles. The molecular weight excluding hydrogens is 384 g/mol. The Labute approximate surface area is 173 Å². The van der Waals surface area contributed by atoms with Crippen molar-refractivity contribution in [3.63, 3.8) is 0 Å². The summed E-state index contributed by atoms with van der Waals surface area (Å²) in [5, 5.41) is 22.6. The molecule has 3 atom stereocenters. The number of nitrogens with one attached hydrogen (secondary N) is 1. The predicted octanol–water partition coefficient (Wildman–Crippen LogP) is 4.50. The van der Waals surface area contributed by atoms with E-state index in [0.717, 1.165) is 29.7 Å². The van der Waals surface area contributed by atoms with Gasteiger partial charge in [0.2, 0.25) is 5.91 Å². The quantitative estimate of drug-likeness (QED) is 0.732. The Hall–Kier alpha value is -2.91. The molecule has 2 aliphatic carbocycles. The summed E-state index contributed by atoms with van der Waals surface area (Å²) in [7, 11) is 0. The van der Waals surface area contributed by atoms with Crippen LogP contribution in [0.1, 0.15) is 46.7 Å². The van der Waals surface area contributed by atoms with Crippen LogP contribution in [-0.2, 0) is 22.4 Å². The van der Waals surface area contributed by atoms with E-state index in [1.54, 1.807) is 0 Å². The number of benzene rings is 1. The molecule has 1 amide bonds. The van der Waals surface area contributed by atoms with E-state index in [0.29, 0.717) is 29.3 Å². The molecule has 0 spiro atoms. The molecule has 0 radical (unpaired) electrons. The number of thiophene rings is 1. The van der Waals surface area contributed by atoms with E-state index in [1.165, 1.54) is 16.9 Å². The van der Waals surface area contributed by atoms with Crippen molar-refractivity contribution in [3.05, 3.63) is 64.1 Å². The third-order valence-corrected chi connectivity index (χ3v) is 7.14. The topological polar surface area (TPSA) is 90.2 Å². The average Bonchev–Trinajstić information content (AvgIpc) is 3.10. The fourth-order valence-electron chi connectivity index (χ4n) is 4.38. The zero-order valence-electron chi connectivity index (χ0n) is 15.9. The number of rotatable bonds is 4. The van der Waals surface area contributed by atoms with Crippen LogP contribution in [0, 0.1) is 23.2 Å². The highest BCUT2D eigenvalue weighted by Gasteiger charge is 2.35. The van der Waals surface area contributed by atoms with E-state index in [4.69, 9.17) is 0 Å². The maximum absolute atomic E-state index is 12.8. The zero-order valence-corrected chi connectivity index (χ0v) is 16.7. The lowest BCUT2D eigenvalue weighted by Gasteiger charge is -2.23. The number of carbonyl (C=O) groups excluding carboxylic acids is 1. The predicted molar refractivity (Wildman–Crippen MR) is 112 cm³/mol. The molecule has 4 rings (SSSR count). The minimum absolute atomic E-state index is 0.309. The highest BCUT2D eigenvalue weighted by atomic mass is 32.1. The summed E-state index contributed by atoms with van der Waals surface area (Å²) in [6.45, 7) is 0. The van der Waals surface area contributed by atoms with Gasteiger partial charge >= 0.3 is 5.97 Å². The third-order valence-electron chi connectivity index (χ3n) is 5.97. The van der Waals surface area contributed by atoms with Crippen molar-refractivity contribution in [2.45, 2.75) is 38.0 Å². The first-order chi connectivity index (χ1) is 14.1. The van der Waals surface area contributed by atoms with Gasteiger partial charge in [-0.25, -0.2) is 0 Å². The molecular formula is C23H22N2O3S. The summed E-state index contributed by atoms with van der Waals surface area (Å²) < 4.78 is 0. The van der Waals surface area contributed by atoms with Gasteiger partial charge in [-0.05, 0) is 49.1 Å². The van der Waals surface area contributed by atoms with Crippen LogP contribution in [-0.4, -0.2) is 17.0 Å². The molecule has 0 bridgehead atoms. The number of carboxylic acid groups (broad SMARTS) is 1. The summed E-state index contributed by atoms with van der Waals surface area (Å²) in [5.41, 5.74) is 2.88. The van der Waals surface area contributed by atoms with Crippen molar-refractivity contribution in [3.8, 4) is 6.07 Å². The Morgan fingerprint density at radius 3 is 2.55 bits per heavy atom. The second-order valence-corrected chi connectivity index (χ2v) is 8.76. The molecule has 0 saturated carbocycles. The van der Waals surface area contributed by atoms with Gasteiger partial charge in [0.15, 0.2) is 0 Å². The van der Waals surface area contributed by atoms with Crippen molar-refractivity contribution >= 4 is 28.2 Å². The van der Waals surface area contributed by atoms with Crippen LogP contribution in [0.4, 0.5) is 5.00 Å². The summed E-state index contributed by atoms with van der Waals surface area (Å²) in [6, 6.07) is 12.6. The fourth-order valence-corrected chi connectivity index (χ4v) is 5.66. The highest BCUT2D eigenvalue weighted by molar-refractivity contribution is 7.16. The van der Waals surface area contributed by atoms with E-state index in [9.17, 15) is 20.0 Å². The SMILES string of the molecule is N#Cc1c(NC(=O)[C@@H]2CC=CC[C@H]2C(=O)O)sc2c1CC[C@@H](c1ccccc1)C2. The van der Waals surface area contributed by atoms with E-state index in [1.807, 2.05) is 30.4 Å². The first-order valence-corrected chi connectivity index (χ1v) is 10.7. The first-order valence-electron chi connectivity index (χ1n) is 9.86. The molecule has 148 valence electrons. The molecule has 0 unspecified atom stereocenters. The van der Waals surface area contributed by atoms with E-state index < -0.39 is 17.8 Å². The van der Waals surface area contributed by atoms with Gasteiger partial charge < -0.3 is 10.4 Å². The highest BCUT2D eigenvalue weighted by Crippen LogP contribution is 2.42. The molecule has 2 N–H and O–H groups in total. The number of fused-ring (bicyclic) bond motifs is 1. The zero-order chi connectivity index (χ0) is 20.4. The van der Waals surface area contributed by atoms with Crippen LogP contribution in [0.15, 0.2) is 42.5 Å². The van der Waals surface area contributed by atoms with Crippen molar-refractivity contribution in [1.29, 1.82) is 5.26 Å². The summed E-state index contributed by atoms with van der Waals surface area (Å²) in [5.74, 6) is -2.18. The Morgan fingerprint density at radius 1 is 1.14 bits per heavy atom. The van der Waals surface area contributed by atoms with E-state index in [2.05, 4.69) is 23.5 Å². The largest absolute Gasteiger partial charge is 0.481 e. The third kappa shape index (κ3) is 3.83. The number of carboxylic acids is 1. The number of hydrogen-bond donors (Lipinski definition) is 2. The van der Waals surface area contributed by atoms with Crippen molar-refractivity contribution in [2.75, 3.05) is 5.32 Å². The molecule has 6 heteroatoms. The molecule has 2 aliphatic rings. The fraction of sp³-hybridized carbons (Fsp3) is 0.348. The normalized spacial score (nSPS) is 23.1. The van der Waals surface area contributed by atoms with Gasteiger partial charge in [-0.15, -0.1) is 11.3 Å². The molecule has 29 heavy (non-hydrogen) atoms. The van der Waals surface area contributed by atoms with Gasteiger partial charge in [0.1, 0.15) is 11.1 Å². The Bertz CT molecular complexity index is 1000. The molecule has 0 aliphatic heterocycles. The monoisotopic (exact) mass is 406 g/mol. The second kappa shape index (κ2) is 8.22. The Kier molecular flexibility index (Phi) is 5.50. The minimum Gasteiger partial charge on any atom is -0.481 e. The maximum atomic E-state index is 12.8. The van der Waals surface area contributed by atoms with Crippen molar-refractivity contribution in [2.24, 2.45) is 11.8 Å². The summed E-state index contributed by atoms with van der Waals surface area (Å²) in [4.78, 5) is 25.5. The van der Waals surface area contributed by atoms with Gasteiger partial charge in [0.25, 0.3) is 0 Å². The standard InChI is InChI=1S/C23H22N2O3S/c24-13-19-16-11-10-15(14-6-2-1-3-7-14)12-20(16)29-22(19)25-21(26)17-8-4-5-9-18(17)23(27)28/h1-7,15,17-18H,8-12H2,(H,25,26)(H,27,28)/t15-,17-,18-/m1/s1. The molecule has 2 aromatic rings. The van der Waals surface area contributed by atoms with Crippen LogP contribution >= 0.6 is 11.3 Å². The number of anilines is 1. The average molecular weight is 407 g/mol. The van der Waals surface area contributed by atoms with Gasteiger partial charge in [0.05, 0.1) is 17.4 Å². The van der Waals surface area contributed by atoms with Crippen LogP contribution < -0.4 is 5.32 Å². The number of hydrogen-bond acceptors (Lipinski definition) is 4. The van der Waals surface area contributed by atoms with Crippen LogP contribution in [0.2, 0.25) is 0 Å². The number of amides is 1. The molecule has 0 saturated heterocycles. The molecule has 0 fully saturated rings. The van der Waals surface area contributed by atoms with Crippen LogP contribution in [0.3, 0.4) is 0 Å². The van der Waals surface area contributed by atoms with Gasteiger partial charge in [-0.2, -0.15) is 5.26 Å². The number of allylic oxidation sites excluding steroid dienone is 2. The Morgan fingerprint density at radius 2 is 1.86 bits per heavy atom. The summed E-state index contributed by atoms with van der Waals surface area (Å²) in [6.07, 6.45) is 7.09. The van der Waals surface area contributed by atoms with Crippen LogP contribution in [0.25, 0.3) is 0 Å². The maximum Gasteiger partial charge on any atom is 0.307 e. The van der Waals surface area contributed by atoms with E-state index in [-0.39, 0.29) is 5.91 Å². The minimum atomic E-state index is -0.953. The van der Waals surface area contributed by atoms with Gasteiger partial charge in [0, 0.05) is 4.88 Å². The molecule has 1 heterocycles. The molecule has 5 nitrogen and oxygen atoms in total.